The molecule has 0 amide bonds. The molecule has 3 aliphatic rings. The fourth-order valence-corrected chi connectivity index (χ4v) is 5.43. The van der Waals surface area contributed by atoms with Crippen LogP contribution in [0.2, 0.25) is 5.02 Å². The molecule has 6 rings (SSSR count). The van der Waals surface area contributed by atoms with E-state index < -0.39 is 6.10 Å². The van der Waals surface area contributed by atoms with Gasteiger partial charge in [-0.3, -0.25) is 9.88 Å². The number of carbonyl (C=O) groups is 1. The van der Waals surface area contributed by atoms with Gasteiger partial charge in [-0.25, -0.2) is 4.79 Å². The van der Waals surface area contributed by atoms with Crippen molar-refractivity contribution in [3.8, 4) is 0 Å². The Bertz CT molecular complexity index is 1130. The van der Waals surface area contributed by atoms with Gasteiger partial charge in [0.2, 0.25) is 0 Å². The van der Waals surface area contributed by atoms with E-state index in [-0.39, 0.29) is 12.0 Å². The van der Waals surface area contributed by atoms with Gasteiger partial charge in [-0.05, 0) is 55.5 Å². The van der Waals surface area contributed by atoms with E-state index in [9.17, 15) is 4.79 Å². The van der Waals surface area contributed by atoms with E-state index in [0.717, 1.165) is 42.4 Å². The van der Waals surface area contributed by atoms with Crippen LogP contribution in [-0.2, 0) is 4.74 Å². The number of pyridine rings is 1. The first-order chi connectivity index (χ1) is 15.2. The van der Waals surface area contributed by atoms with Gasteiger partial charge in [-0.1, -0.05) is 48.0 Å². The van der Waals surface area contributed by atoms with E-state index in [1.807, 2.05) is 30.3 Å². The summed E-state index contributed by atoms with van der Waals surface area (Å²) in [5.74, 6) is 0.681. The SMILES string of the molecule is C=CC1CN2CC[C@@H]1CC2C(OC(=O)c1ccccc1Cl)c1ccnc2ccccc12. The molecule has 0 saturated carbocycles. The van der Waals surface area contributed by atoms with Crippen LogP contribution in [0.3, 0.4) is 0 Å². The summed E-state index contributed by atoms with van der Waals surface area (Å²) in [5, 5.41) is 1.42. The highest BCUT2D eigenvalue weighted by atomic mass is 35.5. The zero-order chi connectivity index (χ0) is 21.4. The summed E-state index contributed by atoms with van der Waals surface area (Å²) in [7, 11) is 0. The predicted octanol–water partition coefficient (Wildman–Crippen LogP) is 5.68. The van der Waals surface area contributed by atoms with Crippen LogP contribution in [-0.4, -0.2) is 35.0 Å². The van der Waals surface area contributed by atoms with Crippen molar-refractivity contribution < 1.29 is 9.53 Å². The Morgan fingerprint density at radius 1 is 1.19 bits per heavy atom. The van der Waals surface area contributed by atoms with Gasteiger partial charge in [-0.2, -0.15) is 0 Å². The van der Waals surface area contributed by atoms with Crippen LogP contribution >= 0.6 is 11.6 Å². The van der Waals surface area contributed by atoms with E-state index in [0.29, 0.717) is 22.4 Å². The standard InChI is InChI=1S/C26H25ClN2O2/c1-2-17-16-29-14-12-18(17)15-24(29)25(31-26(30)21-8-3-5-9-22(21)27)20-11-13-28-23-10-6-4-7-19(20)23/h2-11,13,17-18,24-25H,1,12,14-16H2/t17?,18-,24?,25?/m1/s1. The first kappa shape index (κ1) is 20.2. The quantitative estimate of drug-likeness (QED) is 0.384. The van der Waals surface area contributed by atoms with E-state index in [1.165, 1.54) is 0 Å². The van der Waals surface area contributed by atoms with Gasteiger partial charge in [0.05, 0.1) is 22.1 Å². The van der Waals surface area contributed by atoms with Crippen LogP contribution < -0.4 is 0 Å². The Hall–Kier alpha value is -2.69. The summed E-state index contributed by atoms with van der Waals surface area (Å²) >= 11 is 6.30. The molecule has 3 aromatic rings. The number of halogens is 1. The second kappa shape index (κ2) is 8.45. The smallest absolute Gasteiger partial charge is 0.340 e. The molecule has 4 heterocycles. The van der Waals surface area contributed by atoms with Gasteiger partial charge in [0.15, 0.2) is 0 Å². The van der Waals surface area contributed by atoms with Gasteiger partial charge in [0, 0.05) is 23.7 Å². The Labute approximate surface area is 187 Å². The van der Waals surface area contributed by atoms with Crippen LogP contribution in [0.1, 0.15) is 34.9 Å². The van der Waals surface area contributed by atoms with Crippen molar-refractivity contribution in [3.63, 3.8) is 0 Å². The van der Waals surface area contributed by atoms with E-state index in [4.69, 9.17) is 16.3 Å². The Kier molecular flexibility index (Phi) is 5.51. The fourth-order valence-electron chi connectivity index (χ4n) is 5.21. The molecule has 3 aliphatic heterocycles. The van der Waals surface area contributed by atoms with E-state index in [1.54, 1.807) is 24.4 Å². The monoisotopic (exact) mass is 432 g/mol. The van der Waals surface area contributed by atoms with Gasteiger partial charge in [-0.15, -0.1) is 6.58 Å². The van der Waals surface area contributed by atoms with Crippen molar-refractivity contribution in [2.24, 2.45) is 11.8 Å². The number of piperidine rings is 3. The molecule has 0 spiro atoms. The van der Waals surface area contributed by atoms with Crippen LogP contribution in [0.5, 0.6) is 0 Å². The molecular weight excluding hydrogens is 408 g/mol. The van der Waals surface area contributed by atoms with Gasteiger partial charge < -0.3 is 4.74 Å². The minimum atomic E-state index is -0.398. The van der Waals surface area contributed by atoms with Crippen molar-refractivity contribution in [1.82, 2.24) is 9.88 Å². The molecule has 4 unspecified atom stereocenters. The molecule has 3 saturated heterocycles. The number of nitrogens with zero attached hydrogens (tertiary/aromatic N) is 2. The fraction of sp³-hybridized carbons (Fsp3) is 0.308. The van der Waals surface area contributed by atoms with E-state index >= 15 is 0 Å². The Morgan fingerprint density at radius 2 is 2.00 bits per heavy atom. The number of rotatable bonds is 5. The molecule has 0 radical (unpaired) electrons. The van der Waals surface area contributed by atoms with Crippen molar-refractivity contribution in [2.45, 2.75) is 25.0 Å². The third kappa shape index (κ3) is 3.75. The van der Waals surface area contributed by atoms with Crippen LogP contribution in [0.4, 0.5) is 0 Å². The Balaban J connectivity index is 1.55. The molecule has 5 atom stereocenters. The van der Waals surface area contributed by atoms with Crippen molar-refractivity contribution in [1.29, 1.82) is 0 Å². The van der Waals surface area contributed by atoms with Crippen LogP contribution in [0.25, 0.3) is 10.9 Å². The largest absolute Gasteiger partial charge is 0.452 e. The Morgan fingerprint density at radius 3 is 2.77 bits per heavy atom. The first-order valence-electron chi connectivity index (χ1n) is 10.8. The third-order valence-corrected chi connectivity index (χ3v) is 7.15. The highest BCUT2D eigenvalue weighted by Gasteiger charge is 2.44. The number of esters is 1. The lowest BCUT2D eigenvalue weighted by atomic mass is 9.73. The molecule has 0 N–H and O–H groups in total. The third-order valence-electron chi connectivity index (χ3n) is 6.82. The lowest BCUT2D eigenvalue weighted by Crippen LogP contribution is -2.55. The number of ether oxygens (including phenoxy) is 1. The highest BCUT2D eigenvalue weighted by molar-refractivity contribution is 6.33. The number of fused-ring (bicyclic) bond motifs is 4. The molecule has 31 heavy (non-hydrogen) atoms. The number of carbonyl (C=O) groups excluding carboxylic acids is 1. The number of benzene rings is 2. The number of hydrogen-bond donors (Lipinski definition) is 0. The normalized spacial score (nSPS) is 25.8. The first-order valence-corrected chi connectivity index (χ1v) is 11.2. The molecular formula is C26H25ClN2O2. The summed E-state index contributed by atoms with van der Waals surface area (Å²) < 4.78 is 6.25. The summed E-state index contributed by atoms with van der Waals surface area (Å²) in [5.41, 5.74) is 2.30. The average molecular weight is 433 g/mol. The number of aromatic nitrogens is 1. The molecule has 2 aromatic carbocycles. The maximum atomic E-state index is 13.2. The lowest BCUT2D eigenvalue weighted by Gasteiger charge is -2.51. The molecule has 2 bridgehead atoms. The minimum absolute atomic E-state index is 0.118. The van der Waals surface area contributed by atoms with Gasteiger partial charge >= 0.3 is 5.97 Å². The van der Waals surface area contributed by atoms with Crippen LogP contribution in [0, 0.1) is 11.8 Å². The van der Waals surface area contributed by atoms with Crippen molar-refractivity contribution >= 4 is 28.5 Å². The van der Waals surface area contributed by atoms with Gasteiger partial charge in [0.1, 0.15) is 6.10 Å². The summed E-state index contributed by atoms with van der Waals surface area (Å²) in [6.45, 7) is 6.01. The minimum Gasteiger partial charge on any atom is -0.452 e. The summed E-state index contributed by atoms with van der Waals surface area (Å²) in [6.07, 6.45) is 5.63. The van der Waals surface area contributed by atoms with E-state index in [2.05, 4.69) is 28.6 Å². The van der Waals surface area contributed by atoms with Crippen LogP contribution in [0.15, 0.2) is 73.4 Å². The topological polar surface area (TPSA) is 42.4 Å². The maximum absolute atomic E-state index is 13.2. The molecule has 3 fully saturated rings. The molecule has 1 aromatic heterocycles. The van der Waals surface area contributed by atoms with Crippen molar-refractivity contribution in [3.05, 3.63) is 89.6 Å². The summed E-state index contributed by atoms with van der Waals surface area (Å²) in [6, 6.07) is 17.2. The molecule has 4 nitrogen and oxygen atoms in total. The molecule has 0 aliphatic carbocycles. The second-order valence-electron chi connectivity index (χ2n) is 8.47. The summed E-state index contributed by atoms with van der Waals surface area (Å²) in [4.78, 5) is 20.2. The molecule has 158 valence electrons. The number of para-hydroxylation sites is 1. The predicted molar refractivity (Wildman–Crippen MR) is 123 cm³/mol. The van der Waals surface area contributed by atoms with Gasteiger partial charge in [0.25, 0.3) is 0 Å². The number of hydrogen-bond acceptors (Lipinski definition) is 4. The maximum Gasteiger partial charge on any atom is 0.340 e. The zero-order valence-corrected chi connectivity index (χ0v) is 18.0. The van der Waals surface area contributed by atoms with Crippen molar-refractivity contribution in [2.75, 3.05) is 13.1 Å². The molecule has 5 heteroatoms. The highest BCUT2D eigenvalue weighted by Crippen LogP contribution is 2.43. The average Bonchev–Trinajstić information content (AvgIpc) is 2.82. The lowest BCUT2D eigenvalue weighted by molar-refractivity contribution is -0.0568. The second-order valence-corrected chi connectivity index (χ2v) is 8.88. The zero-order valence-electron chi connectivity index (χ0n) is 17.3.